The molecule has 0 saturated carbocycles. The quantitative estimate of drug-likeness (QED) is 0.838. The Labute approximate surface area is 138 Å². The van der Waals surface area contributed by atoms with E-state index in [4.69, 9.17) is 10.5 Å². The predicted molar refractivity (Wildman–Crippen MR) is 95.0 cm³/mol. The summed E-state index contributed by atoms with van der Waals surface area (Å²) in [7, 11) is 0. The maximum absolute atomic E-state index is 12.1. The Morgan fingerprint density at radius 1 is 1.26 bits per heavy atom. The normalized spacial score (nSPS) is 15.5. The number of rotatable bonds is 3. The first kappa shape index (κ1) is 17.2. The summed E-state index contributed by atoms with van der Waals surface area (Å²) in [5.41, 5.74) is 8.36. The van der Waals surface area contributed by atoms with Crippen LogP contribution in [0.5, 0.6) is 0 Å². The average molecular weight is 320 g/mol. The molecule has 128 valence electrons. The van der Waals surface area contributed by atoms with Crippen molar-refractivity contribution in [2.75, 3.05) is 48.7 Å². The number of carbonyl (C=O) groups excluding carboxylic acids is 1. The van der Waals surface area contributed by atoms with Crippen LogP contribution in [-0.4, -0.2) is 49.3 Å². The molecule has 0 bridgehead atoms. The molecule has 2 rings (SSSR count). The fourth-order valence-corrected chi connectivity index (χ4v) is 2.56. The number of amides is 1. The lowest BCUT2D eigenvalue weighted by atomic mass is 10.2. The molecule has 0 unspecified atom stereocenters. The number of nitrogens with two attached hydrogens (primary N) is 1. The first-order chi connectivity index (χ1) is 10.8. The zero-order valence-electron chi connectivity index (χ0n) is 14.6. The monoisotopic (exact) mass is 320 g/mol. The van der Waals surface area contributed by atoms with Crippen LogP contribution in [0.3, 0.4) is 0 Å². The Balaban J connectivity index is 1.96. The first-order valence-electron chi connectivity index (χ1n) is 8.16. The molecule has 0 radical (unpaired) electrons. The van der Waals surface area contributed by atoms with Crippen LogP contribution < -0.4 is 16.0 Å². The van der Waals surface area contributed by atoms with Gasteiger partial charge in [0.1, 0.15) is 5.60 Å². The zero-order valence-corrected chi connectivity index (χ0v) is 14.6. The van der Waals surface area contributed by atoms with Crippen LogP contribution in [0.25, 0.3) is 0 Å². The second kappa shape index (κ2) is 6.98. The van der Waals surface area contributed by atoms with E-state index < -0.39 is 5.60 Å². The van der Waals surface area contributed by atoms with Gasteiger partial charge in [0.2, 0.25) is 0 Å². The van der Waals surface area contributed by atoms with Crippen LogP contribution in [0.2, 0.25) is 0 Å². The summed E-state index contributed by atoms with van der Waals surface area (Å²) in [5.74, 6) is 0. The lowest BCUT2D eigenvalue weighted by Gasteiger charge is -2.37. The third-order valence-electron chi connectivity index (χ3n) is 3.70. The van der Waals surface area contributed by atoms with Crippen molar-refractivity contribution in [3.05, 3.63) is 18.2 Å². The molecule has 0 spiro atoms. The van der Waals surface area contributed by atoms with Gasteiger partial charge in [-0.1, -0.05) is 0 Å². The summed E-state index contributed by atoms with van der Waals surface area (Å²) in [6.45, 7) is 11.4. The topological polar surface area (TPSA) is 70.8 Å². The molecule has 6 heteroatoms. The number of anilines is 3. The van der Waals surface area contributed by atoms with E-state index in [1.165, 1.54) is 0 Å². The van der Waals surface area contributed by atoms with E-state index in [1.807, 2.05) is 39.8 Å². The molecule has 0 aromatic heterocycles. The highest BCUT2D eigenvalue weighted by molar-refractivity contribution is 5.73. The number of carbonyl (C=O) groups is 1. The second-order valence-corrected chi connectivity index (χ2v) is 6.76. The smallest absolute Gasteiger partial charge is 0.410 e. The molecule has 1 aromatic carbocycles. The lowest BCUT2D eigenvalue weighted by Crippen LogP contribution is -2.50. The second-order valence-electron chi connectivity index (χ2n) is 6.76. The van der Waals surface area contributed by atoms with Crippen molar-refractivity contribution in [3.8, 4) is 0 Å². The number of nitrogens with one attached hydrogen (secondary N) is 1. The third kappa shape index (κ3) is 4.68. The van der Waals surface area contributed by atoms with E-state index >= 15 is 0 Å². The van der Waals surface area contributed by atoms with E-state index in [9.17, 15) is 4.79 Å². The molecule has 1 saturated heterocycles. The van der Waals surface area contributed by atoms with Gasteiger partial charge in [0.05, 0.1) is 11.4 Å². The molecule has 1 aliphatic heterocycles. The molecule has 1 amide bonds. The average Bonchev–Trinajstić information content (AvgIpc) is 2.48. The molecule has 0 aliphatic carbocycles. The Kier molecular flexibility index (Phi) is 5.23. The maximum atomic E-state index is 12.1. The summed E-state index contributed by atoms with van der Waals surface area (Å²) in [6.07, 6.45) is -0.234. The van der Waals surface area contributed by atoms with Crippen molar-refractivity contribution in [3.63, 3.8) is 0 Å². The highest BCUT2D eigenvalue weighted by Gasteiger charge is 2.26. The van der Waals surface area contributed by atoms with Crippen LogP contribution in [0, 0.1) is 0 Å². The summed E-state index contributed by atoms with van der Waals surface area (Å²) >= 11 is 0. The molecule has 1 heterocycles. The molecule has 0 atom stereocenters. The number of hydrogen-bond acceptors (Lipinski definition) is 5. The number of piperazine rings is 1. The summed E-state index contributed by atoms with van der Waals surface area (Å²) in [5, 5.41) is 3.27. The molecular weight excluding hydrogens is 292 g/mol. The van der Waals surface area contributed by atoms with Crippen LogP contribution in [0.4, 0.5) is 21.9 Å². The number of ether oxygens (including phenoxy) is 1. The van der Waals surface area contributed by atoms with Crippen LogP contribution >= 0.6 is 0 Å². The predicted octanol–water partition coefficient (Wildman–Crippen LogP) is 2.76. The number of nitrogen functional groups attached to an aromatic ring is 1. The van der Waals surface area contributed by atoms with Gasteiger partial charge in [0.15, 0.2) is 0 Å². The minimum absolute atomic E-state index is 0.234. The lowest BCUT2D eigenvalue weighted by molar-refractivity contribution is 0.0240. The maximum Gasteiger partial charge on any atom is 0.410 e. The fraction of sp³-hybridized carbons (Fsp3) is 0.588. The van der Waals surface area contributed by atoms with Gasteiger partial charge in [-0.3, -0.25) is 0 Å². The van der Waals surface area contributed by atoms with Crippen molar-refractivity contribution >= 4 is 23.2 Å². The summed E-state index contributed by atoms with van der Waals surface area (Å²) in [4.78, 5) is 16.1. The molecule has 1 fully saturated rings. The van der Waals surface area contributed by atoms with Gasteiger partial charge in [0, 0.05) is 38.4 Å². The van der Waals surface area contributed by atoms with Gasteiger partial charge < -0.3 is 25.6 Å². The van der Waals surface area contributed by atoms with Gasteiger partial charge in [-0.15, -0.1) is 0 Å². The van der Waals surface area contributed by atoms with Crippen molar-refractivity contribution in [1.82, 2.24) is 4.90 Å². The van der Waals surface area contributed by atoms with Gasteiger partial charge >= 0.3 is 6.09 Å². The molecule has 1 aliphatic rings. The largest absolute Gasteiger partial charge is 0.444 e. The molecule has 3 N–H and O–H groups in total. The van der Waals surface area contributed by atoms with Crippen LogP contribution in [0.1, 0.15) is 27.7 Å². The number of benzene rings is 1. The minimum Gasteiger partial charge on any atom is -0.444 e. The Hall–Kier alpha value is -2.11. The summed E-state index contributed by atoms with van der Waals surface area (Å²) in [6, 6.07) is 6.02. The number of hydrogen-bond donors (Lipinski definition) is 2. The molecule has 6 nitrogen and oxygen atoms in total. The van der Waals surface area contributed by atoms with E-state index in [1.54, 1.807) is 4.90 Å². The SMILES string of the molecule is CCNc1cc(N2CCN(C(=O)OC(C)(C)C)CC2)ccc1N. The fourth-order valence-electron chi connectivity index (χ4n) is 2.56. The Morgan fingerprint density at radius 2 is 1.91 bits per heavy atom. The van der Waals surface area contributed by atoms with E-state index in [0.29, 0.717) is 13.1 Å². The Bertz CT molecular complexity index is 546. The molecular formula is C17H28N4O2. The van der Waals surface area contributed by atoms with Gasteiger partial charge in [-0.2, -0.15) is 0 Å². The van der Waals surface area contributed by atoms with Crippen LogP contribution in [0.15, 0.2) is 18.2 Å². The van der Waals surface area contributed by atoms with E-state index in [2.05, 4.69) is 16.3 Å². The summed E-state index contributed by atoms with van der Waals surface area (Å²) < 4.78 is 5.43. The Morgan fingerprint density at radius 3 is 2.48 bits per heavy atom. The number of nitrogens with zero attached hydrogens (tertiary/aromatic N) is 2. The molecule has 1 aromatic rings. The standard InChI is InChI=1S/C17H28N4O2/c1-5-19-15-12-13(6-7-14(15)18)20-8-10-21(11-9-20)16(22)23-17(2,3)4/h6-7,12,19H,5,8-11,18H2,1-4H3. The van der Waals surface area contributed by atoms with Gasteiger partial charge in [-0.05, 0) is 45.9 Å². The van der Waals surface area contributed by atoms with Crippen LogP contribution in [-0.2, 0) is 4.74 Å². The zero-order chi connectivity index (χ0) is 17.0. The van der Waals surface area contributed by atoms with Crippen molar-refractivity contribution in [2.45, 2.75) is 33.3 Å². The van der Waals surface area contributed by atoms with E-state index in [0.717, 1.165) is 36.7 Å². The highest BCUT2D eigenvalue weighted by atomic mass is 16.6. The van der Waals surface area contributed by atoms with Crippen molar-refractivity contribution in [2.24, 2.45) is 0 Å². The minimum atomic E-state index is -0.452. The van der Waals surface area contributed by atoms with Crippen molar-refractivity contribution in [1.29, 1.82) is 0 Å². The van der Waals surface area contributed by atoms with E-state index in [-0.39, 0.29) is 6.09 Å². The molecule has 23 heavy (non-hydrogen) atoms. The highest BCUT2D eigenvalue weighted by Crippen LogP contribution is 2.26. The van der Waals surface area contributed by atoms with Crippen molar-refractivity contribution < 1.29 is 9.53 Å². The third-order valence-corrected chi connectivity index (χ3v) is 3.70. The first-order valence-corrected chi connectivity index (χ1v) is 8.16. The van der Waals surface area contributed by atoms with Gasteiger partial charge in [0.25, 0.3) is 0 Å². The van der Waals surface area contributed by atoms with Gasteiger partial charge in [-0.25, -0.2) is 4.79 Å².